The molecule has 52 valence electrons. The first-order valence-electron chi connectivity index (χ1n) is 2.44. The van der Waals surface area contributed by atoms with Crippen molar-refractivity contribution >= 4 is 32.9 Å². The second-order valence-corrected chi connectivity index (χ2v) is 3.61. The lowest BCUT2D eigenvalue weighted by Crippen LogP contribution is -1.88. The maximum atomic E-state index is 7.10. The van der Waals surface area contributed by atoms with E-state index in [1.54, 1.807) is 25.7 Å². The zero-order valence-corrected chi connectivity index (χ0v) is 7.40. The van der Waals surface area contributed by atoms with Gasteiger partial charge in [-0.05, 0) is 24.9 Å². The summed E-state index contributed by atoms with van der Waals surface area (Å²) in [4.78, 5) is 3.95. The summed E-state index contributed by atoms with van der Waals surface area (Å²) in [6.45, 7) is 1.76. The van der Waals surface area contributed by atoms with Crippen molar-refractivity contribution in [1.29, 1.82) is 5.41 Å². The van der Waals surface area contributed by atoms with Gasteiger partial charge in [0.25, 0.3) is 0 Å². The Bertz CT molecular complexity index is 131. The molecule has 0 saturated heterocycles. The van der Waals surface area contributed by atoms with Crippen LogP contribution in [0.15, 0.2) is 4.99 Å². The minimum Gasteiger partial charge on any atom is -0.298 e. The third-order valence-corrected chi connectivity index (χ3v) is 2.54. The van der Waals surface area contributed by atoms with Gasteiger partial charge in [0.05, 0.1) is 5.04 Å². The Morgan fingerprint density at radius 3 is 2.22 bits per heavy atom. The van der Waals surface area contributed by atoms with Gasteiger partial charge in [-0.1, -0.05) is 0 Å². The van der Waals surface area contributed by atoms with Gasteiger partial charge in [0.15, 0.2) is 0 Å². The number of hydrogen-bond donors (Lipinski definition) is 1. The van der Waals surface area contributed by atoms with E-state index in [-0.39, 0.29) is 0 Å². The Kier molecular flexibility index (Phi) is 4.90. The van der Waals surface area contributed by atoms with E-state index >= 15 is 0 Å². The van der Waals surface area contributed by atoms with Gasteiger partial charge in [-0.3, -0.25) is 10.4 Å². The van der Waals surface area contributed by atoms with Crippen LogP contribution in [0.4, 0.5) is 0 Å². The molecule has 0 spiro atoms. The number of nitrogens with zero attached hydrogens (tertiary/aromatic N) is 1. The minimum atomic E-state index is 0.588. The average molecular weight is 162 g/mol. The van der Waals surface area contributed by atoms with E-state index < -0.39 is 0 Å². The van der Waals surface area contributed by atoms with Crippen molar-refractivity contribution in [1.82, 2.24) is 0 Å². The van der Waals surface area contributed by atoms with Gasteiger partial charge in [0.1, 0.15) is 4.38 Å². The van der Waals surface area contributed by atoms with Crippen molar-refractivity contribution in [3.63, 3.8) is 0 Å². The molecule has 0 radical (unpaired) electrons. The van der Waals surface area contributed by atoms with Crippen LogP contribution in [-0.2, 0) is 0 Å². The first-order valence-corrected chi connectivity index (χ1v) is 4.48. The topological polar surface area (TPSA) is 36.2 Å². The molecule has 0 saturated carbocycles. The largest absolute Gasteiger partial charge is 0.298 e. The van der Waals surface area contributed by atoms with Gasteiger partial charge in [0, 0.05) is 7.05 Å². The summed E-state index contributed by atoms with van der Waals surface area (Å²) in [5.74, 6) is 0. The molecule has 1 N–H and O–H groups in total. The van der Waals surface area contributed by atoms with Crippen LogP contribution in [0, 0.1) is 5.41 Å². The van der Waals surface area contributed by atoms with E-state index in [4.69, 9.17) is 5.41 Å². The third-order valence-electron chi connectivity index (χ3n) is 0.598. The normalized spacial score (nSPS) is 11.7. The Balaban J connectivity index is 3.71. The summed E-state index contributed by atoms with van der Waals surface area (Å²) < 4.78 is 0.947. The van der Waals surface area contributed by atoms with Crippen LogP contribution in [-0.4, -0.2) is 22.7 Å². The predicted molar refractivity (Wildman–Crippen MR) is 47.9 cm³/mol. The Labute approximate surface area is 64.0 Å². The Hall–Kier alpha value is 0.0400. The van der Waals surface area contributed by atoms with Crippen LogP contribution in [0.25, 0.3) is 0 Å². The molecule has 0 atom stereocenters. The molecule has 0 aromatic carbocycles. The van der Waals surface area contributed by atoms with Gasteiger partial charge < -0.3 is 0 Å². The number of aliphatic imine (C=N–C) groups is 1. The van der Waals surface area contributed by atoms with E-state index in [0.29, 0.717) is 5.04 Å². The van der Waals surface area contributed by atoms with Crippen molar-refractivity contribution < 1.29 is 0 Å². The summed E-state index contributed by atoms with van der Waals surface area (Å²) >= 11 is 2.97. The molecule has 0 aliphatic rings. The molecular formula is C5H10N2S2. The van der Waals surface area contributed by atoms with Crippen molar-refractivity contribution in [3.8, 4) is 0 Å². The lowest BCUT2D eigenvalue weighted by Gasteiger charge is -1.96. The predicted octanol–water partition coefficient (Wildman–Crippen LogP) is 2.07. The fraction of sp³-hybridized carbons (Fsp3) is 0.600. The highest BCUT2D eigenvalue weighted by Gasteiger charge is 1.96. The quantitative estimate of drug-likeness (QED) is 0.437. The Morgan fingerprint density at radius 1 is 1.56 bits per heavy atom. The second kappa shape index (κ2) is 4.88. The summed E-state index contributed by atoms with van der Waals surface area (Å²) in [6, 6.07) is 0. The molecule has 4 heteroatoms. The molecule has 0 heterocycles. The molecule has 0 amide bonds. The molecule has 2 nitrogen and oxygen atoms in total. The SMILES string of the molecule is CN=C(SC)SC(C)=N. The van der Waals surface area contributed by atoms with Gasteiger partial charge >= 0.3 is 0 Å². The average Bonchev–Trinajstić information content (AvgIpc) is 1.82. The van der Waals surface area contributed by atoms with Crippen LogP contribution >= 0.6 is 23.5 Å². The lowest BCUT2D eigenvalue weighted by molar-refractivity contribution is 1.48. The summed E-state index contributed by atoms with van der Waals surface area (Å²) in [5.41, 5.74) is 0. The molecule has 9 heavy (non-hydrogen) atoms. The van der Waals surface area contributed by atoms with Crippen LogP contribution in [0.3, 0.4) is 0 Å². The van der Waals surface area contributed by atoms with Gasteiger partial charge in [0.2, 0.25) is 0 Å². The number of nitrogens with one attached hydrogen (secondary N) is 1. The van der Waals surface area contributed by atoms with E-state index in [1.165, 1.54) is 11.8 Å². The van der Waals surface area contributed by atoms with Gasteiger partial charge in [-0.2, -0.15) is 0 Å². The third kappa shape index (κ3) is 4.54. The van der Waals surface area contributed by atoms with E-state index in [2.05, 4.69) is 4.99 Å². The van der Waals surface area contributed by atoms with Crippen LogP contribution < -0.4 is 0 Å². The molecule has 0 unspecified atom stereocenters. The molecule has 0 aromatic heterocycles. The first-order chi connectivity index (χ1) is 4.20. The van der Waals surface area contributed by atoms with Gasteiger partial charge in [-0.25, -0.2) is 0 Å². The van der Waals surface area contributed by atoms with E-state index in [0.717, 1.165) is 4.38 Å². The maximum Gasteiger partial charge on any atom is 0.129 e. The smallest absolute Gasteiger partial charge is 0.129 e. The van der Waals surface area contributed by atoms with Crippen LogP contribution in [0.1, 0.15) is 6.92 Å². The van der Waals surface area contributed by atoms with Crippen molar-refractivity contribution in [2.24, 2.45) is 4.99 Å². The highest BCUT2D eigenvalue weighted by molar-refractivity contribution is 8.44. The number of rotatable bonds is 0. The van der Waals surface area contributed by atoms with E-state index in [9.17, 15) is 0 Å². The van der Waals surface area contributed by atoms with Crippen molar-refractivity contribution in [2.45, 2.75) is 6.92 Å². The lowest BCUT2D eigenvalue weighted by atomic mass is 10.9. The maximum absolute atomic E-state index is 7.10. The van der Waals surface area contributed by atoms with Crippen LogP contribution in [0.2, 0.25) is 0 Å². The zero-order valence-electron chi connectivity index (χ0n) is 5.76. The molecule has 0 aliphatic heterocycles. The van der Waals surface area contributed by atoms with Gasteiger partial charge in [-0.15, -0.1) is 11.8 Å². The summed E-state index contributed by atoms with van der Waals surface area (Å²) in [7, 11) is 1.74. The molecule has 0 fully saturated rings. The molecule has 0 rings (SSSR count). The standard InChI is InChI=1S/C5H10N2S2/c1-4(6)9-5(7-2)8-3/h6H,1-3H3. The Morgan fingerprint density at radius 2 is 2.11 bits per heavy atom. The summed E-state index contributed by atoms with van der Waals surface area (Å²) in [5, 5.41) is 7.69. The fourth-order valence-electron chi connectivity index (χ4n) is 0.310. The minimum absolute atomic E-state index is 0.588. The van der Waals surface area contributed by atoms with Crippen LogP contribution in [0.5, 0.6) is 0 Å². The monoisotopic (exact) mass is 162 g/mol. The highest BCUT2D eigenvalue weighted by atomic mass is 32.2. The molecule has 0 bridgehead atoms. The van der Waals surface area contributed by atoms with Crippen molar-refractivity contribution in [2.75, 3.05) is 13.3 Å². The first kappa shape index (κ1) is 9.04. The molecule has 0 aliphatic carbocycles. The fourth-order valence-corrected chi connectivity index (χ4v) is 1.55. The number of hydrogen-bond acceptors (Lipinski definition) is 4. The highest BCUT2D eigenvalue weighted by Crippen LogP contribution is 2.14. The zero-order chi connectivity index (χ0) is 7.28. The van der Waals surface area contributed by atoms with E-state index in [1.807, 2.05) is 6.26 Å². The molecule has 0 aromatic rings. The van der Waals surface area contributed by atoms with Crippen molar-refractivity contribution in [3.05, 3.63) is 0 Å². The second-order valence-electron chi connectivity index (χ2n) is 1.35. The summed E-state index contributed by atoms with van der Waals surface area (Å²) in [6.07, 6.45) is 1.96. The molecular weight excluding hydrogens is 152 g/mol. The number of thioether (sulfide) groups is 2.